The summed E-state index contributed by atoms with van der Waals surface area (Å²) in [6.07, 6.45) is 2.97. The first-order chi connectivity index (χ1) is 13.1. The minimum atomic E-state index is -1.02. The van der Waals surface area contributed by atoms with Gasteiger partial charge in [0.2, 0.25) is 0 Å². The number of anilines is 1. The molecule has 3 heterocycles. The number of aromatic carboxylic acids is 1. The molecule has 1 aliphatic rings. The van der Waals surface area contributed by atoms with Gasteiger partial charge in [-0.1, -0.05) is 12.1 Å². The zero-order chi connectivity index (χ0) is 18.8. The average molecular weight is 427 g/mol. The van der Waals surface area contributed by atoms with E-state index in [1.807, 2.05) is 36.4 Å². The molecule has 1 fully saturated rings. The van der Waals surface area contributed by atoms with Crippen LogP contribution in [-0.2, 0) is 0 Å². The van der Waals surface area contributed by atoms with Gasteiger partial charge in [-0.15, -0.1) is 10.2 Å². The molecule has 0 saturated carbocycles. The zero-order valence-corrected chi connectivity index (χ0v) is 15.7. The van der Waals surface area contributed by atoms with Gasteiger partial charge in [0, 0.05) is 18.0 Å². The number of hydrogen-bond donors (Lipinski definition) is 1. The Morgan fingerprint density at radius 1 is 1.15 bits per heavy atom. The van der Waals surface area contributed by atoms with Gasteiger partial charge in [-0.3, -0.25) is 4.98 Å². The number of aromatic nitrogens is 3. The van der Waals surface area contributed by atoms with Gasteiger partial charge in [-0.25, -0.2) is 4.79 Å². The summed E-state index contributed by atoms with van der Waals surface area (Å²) in [6, 6.07) is 13.0. The maximum Gasteiger partial charge on any atom is 0.337 e. The molecular formula is C19H15BrN4O3. The van der Waals surface area contributed by atoms with E-state index in [2.05, 4.69) is 36.0 Å². The standard InChI is InChI=1S/C19H15BrN4O3/c20-15-3-1-2-4-17(15)27-14-10-24(11-14)18-6-5-16(22-23-18)12-7-13(19(25)26)9-21-8-12/h1-9,14H,10-11H2,(H,25,26). The van der Waals surface area contributed by atoms with E-state index in [1.54, 1.807) is 6.20 Å². The van der Waals surface area contributed by atoms with Crippen molar-refractivity contribution >= 4 is 27.7 Å². The number of hydrogen-bond acceptors (Lipinski definition) is 6. The second-order valence-electron chi connectivity index (χ2n) is 6.12. The molecule has 1 aliphatic heterocycles. The number of para-hydroxylation sites is 1. The summed E-state index contributed by atoms with van der Waals surface area (Å²) in [5.74, 6) is 0.563. The highest BCUT2D eigenvalue weighted by molar-refractivity contribution is 9.10. The molecule has 0 atom stereocenters. The van der Waals surface area contributed by atoms with Crippen LogP contribution in [0.15, 0.2) is 59.3 Å². The molecule has 0 bridgehead atoms. The molecule has 8 heteroatoms. The first-order valence-electron chi connectivity index (χ1n) is 8.29. The number of pyridine rings is 1. The molecule has 3 aromatic rings. The lowest BCUT2D eigenvalue weighted by molar-refractivity contribution is 0.0696. The molecule has 4 rings (SSSR count). The van der Waals surface area contributed by atoms with Crippen LogP contribution in [0.25, 0.3) is 11.3 Å². The second kappa shape index (κ2) is 7.32. The molecule has 27 heavy (non-hydrogen) atoms. The van der Waals surface area contributed by atoms with Crippen molar-refractivity contribution in [1.29, 1.82) is 0 Å². The summed E-state index contributed by atoms with van der Waals surface area (Å²) < 4.78 is 6.90. The SMILES string of the molecule is O=C(O)c1cncc(-c2ccc(N3CC(Oc4ccccc4Br)C3)nn2)c1. The van der Waals surface area contributed by atoms with Crippen LogP contribution in [0.1, 0.15) is 10.4 Å². The summed E-state index contributed by atoms with van der Waals surface area (Å²) in [7, 11) is 0. The maximum absolute atomic E-state index is 11.1. The van der Waals surface area contributed by atoms with Crippen molar-refractivity contribution < 1.29 is 14.6 Å². The molecule has 0 radical (unpaired) electrons. The van der Waals surface area contributed by atoms with Gasteiger partial charge < -0.3 is 14.7 Å². The Morgan fingerprint density at radius 2 is 1.96 bits per heavy atom. The third-order valence-electron chi connectivity index (χ3n) is 4.23. The lowest BCUT2D eigenvalue weighted by atomic mass is 10.1. The Labute approximate surface area is 163 Å². The molecular weight excluding hydrogens is 412 g/mol. The van der Waals surface area contributed by atoms with Crippen molar-refractivity contribution in [2.45, 2.75) is 6.10 Å². The van der Waals surface area contributed by atoms with Crippen molar-refractivity contribution in [2.24, 2.45) is 0 Å². The highest BCUT2D eigenvalue weighted by atomic mass is 79.9. The number of benzene rings is 1. The van der Waals surface area contributed by atoms with Crippen LogP contribution in [-0.4, -0.2) is 45.5 Å². The molecule has 0 aliphatic carbocycles. The number of rotatable bonds is 5. The number of nitrogens with zero attached hydrogens (tertiary/aromatic N) is 4. The molecule has 1 saturated heterocycles. The van der Waals surface area contributed by atoms with E-state index in [4.69, 9.17) is 9.84 Å². The summed E-state index contributed by atoms with van der Waals surface area (Å²) in [4.78, 5) is 17.1. The Balaban J connectivity index is 1.40. The van der Waals surface area contributed by atoms with Gasteiger partial charge in [-0.2, -0.15) is 0 Å². The first kappa shape index (κ1) is 17.4. The van der Waals surface area contributed by atoms with Gasteiger partial charge in [0.1, 0.15) is 11.9 Å². The molecule has 0 amide bonds. The fourth-order valence-corrected chi connectivity index (χ4v) is 3.14. The third kappa shape index (κ3) is 3.75. The Kier molecular flexibility index (Phi) is 4.72. The van der Waals surface area contributed by atoms with Gasteiger partial charge in [0.25, 0.3) is 0 Å². The van der Waals surface area contributed by atoms with Crippen LogP contribution >= 0.6 is 15.9 Å². The van der Waals surface area contributed by atoms with E-state index in [-0.39, 0.29) is 11.7 Å². The largest absolute Gasteiger partial charge is 0.486 e. The van der Waals surface area contributed by atoms with Crippen LogP contribution < -0.4 is 9.64 Å². The average Bonchev–Trinajstić information content (AvgIpc) is 2.66. The van der Waals surface area contributed by atoms with Crippen molar-refractivity contribution in [2.75, 3.05) is 18.0 Å². The lowest BCUT2D eigenvalue weighted by Crippen LogP contribution is -2.54. The number of carbonyl (C=O) groups is 1. The molecule has 2 aromatic heterocycles. The summed E-state index contributed by atoms with van der Waals surface area (Å²) in [5, 5.41) is 17.5. The van der Waals surface area contributed by atoms with Crippen LogP contribution in [0.3, 0.4) is 0 Å². The zero-order valence-electron chi connectivity index (χ0n) is 14.1. The van der Waals surface area contributed by atoms with Gasteiger partial charge in [0.05, 0.1) is 28.8 Å². The van der Waals surface area contributed by atoms with E-state index in [0.717, 1.165) is 29.1 Å². The Morgan fingerprint density at radius 3 is 2.67 bits per heavy atom. The van der Waals surface area contributed by atoms with Crippen molar-refractivity contribution in [3.63, 3.8) is 0 Å². The molecule has 7 nitrogen and oxygen atoms in total. The van der Waals surface area contributed by atoms with Gasteiger partial charge >= 0.3 is 5.97 Å². The predicted molar refractivity (Wildman–Crippen MR) is 103 cm³/mol. The van der Waals surface area contributed by atoms with E-state index in [0.29, 0.717) is 11.3 Å². The van der Waals surface area contributed by atoms with Crippen molar-refractivity contribution in [3.05, 3.63) is 64.9 Å². The molecule has 1 N–H and O–H groups in total. The quantitative estimate of drug-likeness (QED) is 0.669. The van der Waals surface area contributed by atoms with Crippen molar-refractivity contribution in [1.82, 2.24) is 15.2 Å². The number of halogens is 1. The fraction of sp³-hybridized carbons (Fsp3) is 0.158. The van der Waals surface area contributed by atoms with Gasteiger partial charge in [0.15, 0.2) is 5.82 Å². The van der Waals surface area contributed by atoms with E-state index < -0.39 is 5.97 Å². The smallest absolute Gasteiger partial charge is 0.337 e. The van der Waals surface area contributed by atoms with E-state index >= 15 is 0 Å². The summed E-state index contributed by atoms with van der Waals surface area (Å²) in [5.41, 5.74) is 1.32. The van der Waals surface area contributed by atoms with Crippen LogP contribution in [0.2, 0.25) is 0 Å². The monoisotopic (exact) mass is 426 g/mol. The van der Waals surface area contributed by atoms with Crippen LogP contribution in [0.5, 0.6) is 5.75 Å². The molecule has 0 unspecified atom stereocenters. The summed E-state index contributed by atoms with van der Waals surface area (Å²) in [6.45, 7) is 1.46. The summed E-state index contributed by atoms with van der Waals surface area (Å²) >= 11 is 3.48. The molecule has 0 spiro atoms. The maximum atomic E-state index is 11.1. The Bertz CT molecular complexity index is 975. The van der Waals surface area contributed by atoms with E-state index in [9.17, 15) is 4.79 Å². The third-order valence-corrected chi connectivity index (χ3v) is 4.89. The number of carboxylic acid groups (broad SMARTS) is 1. The fourth-order valence-electron chi connectivity index (χ4n) is 2.76. The van der Waals surface area contributed by atoms with Gasteiger partial charge in [-0.05, 0) is 46.3 Å². The highest BCUT2D eigenvalue weighted by Crippen LogP contribution is 2.28. The first-order valence-corrected chi connectivity index (χ1v) is 9.08. The Hall–Kier alpha value is -3.00. The normalized spacial score (nSPS) is 13.9. The minimum Gasteiger partial charge on any atom is -0.486 e. The minimum absolute atomic E-state index is 0.0987. The second-order valence-corrected chi connectivity index (χ2v) is 6.97. The topological polar surface area (TPSA) is 88.4 Å². The van der Waals surface area contributed by atoms with Crippen LogP contribution in [0.4, 0.5) is 5.82 Å². The lowest BCUT2D eigenvalue weighted by Gasteiger charge is -2.39. The van der Waals surface area contributed by atoms with Crippen molar-refractivity contribution in [3.8, 4) is 17.0 Å². The molecule has 136 valence electrons. The molecule has 1 aromatic carbocycles. The number of ether oxygens (including phenoxy) is 1. The number of carboxylic acids is 1. The highest BCUT2D eigenvalue weighted by Gasteiger charge is 2.30. The predicted octanol–water partition coefficient (Wildman–Crippen LogP) is 3.27. The van der Waals surface area contributed by atoms with Crippen LogP contribution in [0, 0.1) is 0 Å². The van der Waals surface area contributed by atoms with E-state index in [1.165, 1.54) is 12.3 Å².